The fraction of sp³-hybridized carbons (Fsp3) is 0.455. The largest absolute Gasteiger partial charge is 0.504 e. The van der Waals surface area contributed by atoms with Gasteiger partial charge in [0.2, 0.25) is 0 Å². The van der Waals surface area contributed by atoms with Gasteiger partial charge in [0.05, 0.1) is 24.4 Å². The molecular weight excluding hydrogens is 228 g/mol. The fourth-order valence-electron chi connectivity index (χ4n) is 1.40. The zero-order valence-electron chi connectivity index (χ0n) is 9.65. The van der Waals surface area contributed by atoms with E-state index in [9.17, 15) is 19.8 Å². The minimum Gasteiger partial charge on any atom is -0.504 e. The Labute approximate surface area is 98.1 Å². The topological polar surface area (TPSA) is 93.1 Å². The van der Waals surface area contributed by atoms with Gasteiger partial charge in [-0.2, -0.15) is 0 Å². The van der Waals surface area contributed by atoms with Crippen molar-refractivity contribution in [2.75, 3.05) is 13.2 Å². The Bertz CT molecular complexity index is 366. The summed E-state index contributed by atoms with van der Waals surface area (Å²) in [5, 5.41) is 19.0. The summed E-state index contributed by atoms with van der Waals surface area (Å²) in [7, 11) is 0. The third kappa shape index (κ3) is 2.58. The molecule has 0 atom stereocenters. The summed E-state index contributed by atoms with van der Waals surface area (Å²) < 4.78 is 9.37. The molecule has 0 heterocycles. The Balaban J connectivity index is 2.86. The Morgan fingerprint density at radius 1 is 1.00 bits per heavy atom. The molecule has 0 amide bonds. The summed E-state index contributed by atoms with van der Waals surface area (Å²) in [6.45, 7) is 3.52. The standard InChI is InChI=1S/C11H14O6/c1-3-16-10(14)6-5-7(9(13)8(6)12)11(15)17-4-2/h12-13H,3-5H2,1-2H3. The van der Waals surface area contributed by atoms with E-state index >= 15 is 0 Å². The number of aliphatic hydroxyl groups is 2. The van der Waals surface area contributed by atoms with Crippen molar-refractivity contribution < 1.29 is 29.3 Å². The third-order valence-electron chi connectivity index (χ3n) is 2.19. The molecule has 0 aliphatic heterocycles. The first-order chi connectivity index (χ1) is 8.02. The van der Waals surface area contributed by atoms with E-state index in [1.54, 1.807) is 13.8 Å². The quantitative estimate of drug-likeness (QED) is 0.718. The molecule has 0 aromatic rings. The maximum atomic E-state index is 11.4. The van der Waals surface area contributed by atoms with Gasteiger partial charge in [0, 0.05) is 6.42 Å². The van der Waals surface area contributed by atoms with Crippen molar-refractivity contribution in [2.45, 2.75) is 20.3 Å². The summed E-state index contributed by atoms with van der Waals surface area (Å²) >= 11 is 0. The molecule has 0 saturated heterocycles. The molecular formula is C11H14O6. The fourth-order valence-corrected chi connectivity index (χ4v) is 1.40. The van der Waals surface area contributed by atoms with Crippen molar-refractivity contribution in [1.29, 1.82) is 0 Å². The van der Waals surface area contributed by atoms with Gasteiger partial charge in [0.1, 0.15) is 0 Å². The second-order valence-corrected chi connectivity index (χ2v) is 3.27. The molecule has 6 heteroatoms. The van der Waals surface area contributed by atoms with E-state index in [2.05, 4.69) is 9.47 Å². The van der Waals surface area contributed by atoms with Crippen LogP contribution in [0.5, 0.6) is 0 Å². The molecule has 1 aliphatic carbocycles. The van der Waals surface area contributed by atoms with Crippen LogP contribution in [-0.2, 0) is 19.1 Å². The van der Waals surface area contributed by atoms with Crippen LogP contribution in [0.1, 0.15) is 20.3 Å². The van der Waals surface area contributed by atoms with E-state index in [0.29, 0.717) is 0 Å². The predicted octanol–water partition coefficient (Wildman–Crippen LogP) is 1.14. The third-order valence-corrected chi connectivity index (χ3v) is 2.19. The number of rotatable bonds is 4. The molecule has 0 unspecified atom stereocenters. The Hall–Kier alpha value is -1.98. The Morgan fingerprint density at radius 2 is 1.35 bits per heavy atom. The Morgan fingerprint density at radius 3 is 1.65 bits per heavy atom. The van der Waals surface area contributed by atoms with E-state index in [0.717, 1.165) is 0 Å². The second kappa shape index (κ2) is 5.38. The monoisotopic (exact) mass is 242 g/mol. The first-order valence-electron chi connectivity index (χ1n) is 5.21. The van der Waals surface area contributed by atoms with E-state index in [-0.39, 0.29) is 30.8 Å². The SMILES string of the molecule is CCOC(=O)C1=C(O)C(O)=C(C(=O)OCC)C1. The van der Waals surface area contributed by atoms with E-state index in [4.69, 9.17) is 0 Å². The molecule has 2 N–H and O–H groups in total. The highest BCUT2D eigenvalue weighted by Crippen LogP contribution is 2.30. The van der Waals surface area contributed by atoms with Gasteiger partial charge < -0.3 is 19.7 Å². The van der Waals surface area contributed by atoms with Gasteiger partial charge in [-0.1, -0.05) is 0 Å². The minimum atomic E-state index is -0.754. The van der Waals surface area contributed by atoms with Crippen molar-refractivity contribution in [3.63, 3.8) is 0 Å². The molecule has 0 bridgehead atoms. The zero-order chi connectivity index (χ0) is 13.0. The highest BCUT2D eigenvalue weighted by molar-refractivity contribution is 5.98. The summed E-state index contributed by atoms with van der Waals surface area (Å²) in [6.07, 6.45) is -0.185. The summed E-state index contributed by atoms with van der Waals surface area (Å²) in [5.41, 5.74) is -0.264. The molecule has 94 valence electrons. The van der Waals surface area contributed by atoms with Gasteiger partial charge in [0.25, 0.3) is 0 Å². The van der Waals surface area contributed by atoms with Crippen LogP contribution in [0.3, 0.4) is 0 Å². The lowest BCUT2D eigenvalue weighted by molar-refractivity contribution is -0.138. The lowest BCUT2D eigenvalue weighted by atomic mass is 10.1. The molecule has 0 fully saturated rings. The van der Waals surface area contributed by atoms with Crippen LogP contribution in [0, 0.1) is 0 Å². The van der Waals surface area contributed by atoms with Crippen LogP contribution in [0.2, 0.25) is 0 Å². The number of ether oxygens (including phenoxy) is 2. The number of hydrogen-bond acceptors (Lipinski definition) is 6. The smallest absolute Gasteiger partial charge is 0.338 e. The van der Waals surface area contributed by atoms with Gasteiger partial charge in [0.15, 0.2) is 11.5 Å². The summed E-state index contributed by atoms with van der Waals surface area (Å²) in [6, 6.07) is 0. The highest BCUT2D eigenvalue weighted by Gasteiger charge is 2.33. The van der Waals surface area contributed by atoms with Gasteiger partial charge >= 0.3 is 11.9 Å². The van der Waals surface area contributed by atoms with Gasteiger partial charge in [-0.3, -0.25) is 0 Å². The number of aliphatic hydroxyl groups excluding tert-OH is 2. The van der Waals surface area contributed by atoms with Crippen LogP contribution in [0.25, 0.3) is 0 Å². The lowest BCUT2D eigenvalue weighted by Crippen LogP contribution is -2.11. The average Bonchev–Trinajstić information content (AvgIpc) is 2.57. The maximum Gasteiger partial charge on any atom is 0.338 e. The molecule has 1 rings (SSSR count). The van der Waals surface area contributed by atoms with Gasteiger partial charge in [-0.25, -0.2) is 9.59 Å². The van der Waals surface area contributed by atoms with E-state index in [1.807, 2.05) is 0 Å². The summed E-state index contributed by atoms with van der Waals surface area (Å²) in [5.74, 6) is -2.75. The predicted molar refractivity (Wildman–Crippen MR) is 57.2 cm³/mol. The van der Waals surface area contributed by atoms with Crippen LogP contribution in [0.15, 0.2) is 22.7 Å². The first kappa shape index (κ1) is 13.1. The van der Waals surface area contributed by atoms with Crippen LogP contribution >= 0.6 is 0 Å². The maximum absolute atomic E-state index is 11.4. The van der Waals surface area contributed by atoms with Crippen molar-refractivity contribution in [1.82, 2.24) is 0 Å². The van der Waals surface area contributed by atoms with Gasteiger partial charge in [-0.05, 0) is 13.8 Å². The Kier molecular flexibility index (Phi) is 4.14. The van der Waals surface area contributed by atoms with E-state index < -0.39 is 23.5 Å². The molecule has 0 saturated carbocycles. The van der Waals surface area contributed by atoms with Crippen molar-refractivity contribution in [3.8, 4) is 0 Å². The number of esters is 2. The molecule has 0 aromatic heterocycles. The average molecular weight is 242 g/mol. The van der Waals surface area contributed by atoms with Crippen LogP contribution in [-0.4, -0.2) is 35.4 Å². The molecule has 6 nitrogen and oxygen atoms in total. The molecule has 0 spiro atoms. The zero-order valence-corrected chi connectivity index (χ0v) is 9.65. The normalized spacial score (nSPS) is 15.2. The van der Waals surface area contributed by atoms with Crippen molar-refractivity contribution in [2.24, 2.45) is 0 Å². The van der Waals surface area contributed by atoms with Crippen molar-refractivity contribution >= 4 is 11.9 Å². The molecule has 1 aliphatic rings. The first-order valence-corrected chi connectivity index (χ1v) is 5.21. The van der Waals surface area contributed by atoms with Crippen LogP contribution < -0.4 is 0 Å². The number of hydrogen-bond donors (Lipinski definition) is 2. The molecule has 0 aromatic carbocycles. The number of carbonyl (C=O) groups excluding carboxylic acids is 2. The molecule has 17 heavy (non-hydrogen) atoms. The highest BCUT2D eigenvalue weighted by atomic mass is 16.5. The second-order valence-electron chi connectivity index (χ2n) is 3.27. The summed E-state index contributed by atoms with van der Waals surface area (Å²) in [4.78, 5) is 22.8. The minimum absolute atomic E-state index is 0.132. The van der Waals surface area contributed by atoms with Gasteiger partial charge in [-0.15, -0.1) is 0 Å². The molecule has 0 radical (unpaired) electrons. The van der Waals surface area contributed by atoms with Crippen LogP contribution in [0.4, 0.5) is 0 Å². The van der Waals surface area contributed by atoms with Crippen molar-refractivity contribution in [3.05, 3.63) is 22.7 Å². The van der Waals surface area contributed by atoms with E-state index in [1.165, 1.54) is 0 Å². The number of carbonyl (C=O) groups is 2. The lowest BCUT2D eigenvalue weighted by Gasteiger charge is -2.03.